The lowest BCUT2D eigenvalue weighted by Gasteiger charge is -2.25. The summed E-state index contributed by atoms with van der Waals surface area (Å²) in [6, 6.07) is 0. The molecule has 1 fully saturated rings. The molecule has 0 aromatic rings. The Morgan fingerprint density at radius 2 is 2.27 bits per heavy atom. The molecular formula is C9H18BNO4. The zero-order valence-electron chi connectivity index (χ0n) is 8.94. The van der Waals surface area contributed by atoms with E-state index in [4.69, 9.17) is 15.2 Å². The molecule has 0 amide bonds. The molecule has 15 heavy (non-hydrogen) atoms. The molecular weight excluding hydrogens is 197 g/mol. The van der Waals surface area contributed by atoms with Crippen molar-refractivity contribution in [2.75, 3.05) is 13.1 Å². The first-order valence-corrected chi connectivity index (χ1v) is 5.27. The Kier molecular flexibility index (Phi) is 4.13. The van der Waals surface area contributed by atoms with Gasteiger partial charge in [-0.15, -0.1) is 0 Å². The third-order valence-electron chi connectivity index (χ3n) is 3.29. The molecule has 6 heteroatoms. The van der Waals surface area contributed by atoms with Gasteiger partial charge in [0.2, 0.25) is 0 Å². The Hall–Kier alpha value is -0.585. The maximum atomic E-state index is 11.1. The maximum Gasteiger partial charge on any atom is 0.451 e. The molecule has 0 spiro atoms. The van der Waals surface area contributed by atoms with E-state index in [1.807, 2.05) is 0 Å². The topological polar surface area (TPSA) is 89.8 Å². The third-order valence-corrected chi connectivity index (χ3v) is 3.29. The number of carboxylic acid groups (broad SMARTS) is 1. The van der Waals surface area contributed by atoms with E-state index in [0.717, 1.165) is 0 Å². The minimum Gasteiger partial charge on any atom is -0.481 e. The second kappa shape index (κ2) is 4.96. The molecule has 0 radical (unpaired) electrons. The van der Waals surface area contributed by atoms with E-state index in [9.17, 15) is 4.79 Å². The van der Waals surface area contributed by atoms with Gasteiger partial charge in [-0.2, -0.15) is 0 Å². The lowest BCUT2D eigenvalue weighted by Crippen LogP contribution is -2.35. The average molecular weight is 215 g/mol. The highest BCUT2D eigenvalue weighted by Gasteiger charge is 2.44. The number of hydrogen-bond acceptors (Lipinski definition) is 4. The average Bonchev–Trinajstić information content (AvgIpc) is 2.49. The lowest BCUT2D eigenvalue weighted by atomic mass is 9.75. The summed E-state index contributed by atoms with van der Waals surface area (Å²) in [6.07, 6.45) is 1.67. The second-order valence-corrected chi connectivity index (χ2v) is 4.46. The normalized spacial score (nSPS) is 30.5. The van der Waals surface area contributed by atoms with Gasteiger partial charge in [0.05, 0.1) is 5.41 Å². The van der Waals surface area contributed by atoms with Gasteiger partial charge in [-0.1, -0.05) is 6.42 Å². The molecule has 2 atom stereocenters. The Morgan fingerprint density at radius 1 is 1.60 bits per heavy atom. The van der Waals surface area contributed by atoms with Crippen LogP contribution in [0.2, 0.25) is 6.32 Å². The van der Waals surface area contributed by atoms with Gasteiger partial charge < -0.3 is 20.5 Å². The highest BCUT2D eigenvalue weighted by molar-refractivity contribution is 6.40. The van der Waals surface area contributed by atoms with Crippen LogP contribution in [0.5, 0.6) is 0 Å². The van der Waals surface area contributed by atoms with E-state index in [1.165, 1.54) is 0 Å². The summed E-state index contributed by atoms with van der Waals surface area (Å²) in [5, 5.41) is 29.6. The number of aliphatic carboxylic acids is 1. The zero-order chi connectivity index (χ0) is 11.5. The summed E-state index contributed by atoms with van der Waals surface area (Å²) in [5.74, 6) is -0.698. The molecule has 0 unspecified atom stereocenters. The predicted molar refractivity (Wildman–Crippen MR) is 56.3 cm³/mol. The van der Waals surface area contributed by atoms with Gasteiger partial charge in [0, 0.05) is 6.54 Å². The summed E-state index contributed by atoms with van der Waals surface area (Å²) < 4.78 is 0. The van der Waals surface area contributed by atoms with Crippen molar-refractivity contribution in [3.8, 4) is 0 Å². The van der Waals surface area contributed by atoms with Gasteiger partial charge in [0.1, 0.15) is 0 Å². The molecule has 0 bridgehead atoms. The molecule has 4 N–H and O–H groups in total. The van der Waals surface area contributed by atoms with Crippen LogP contribution in [-0.4, -0.2) is 41.3 Å². The molecule has 0 saturated carbocycles. The number of rotatable bonds is 5. The zero-order valence-corrected chi connectivity index (χ0v) is 8.94. The van der Waals surface area contributed by atoms with E-state index in [2.05, 4.69) is 5.32 Å². The molecule has 0 aromatic heterocycles. The van der Waals surface area contributed by atoms with E-state index >= 15 is 0 Å². The molecule has 0 aromatic carbocycles. The van der Waals surface area contributed by atoms with Crippen molar-refractivity contribution in [2.24, 2.45) is 11.3 Å². The number of nitrogens with one attached hydrogen (secondary N) is 1. The first-order chi connectivity index (χ1) is 6.97. The molecule has 1 aliphatic rings. The van der Waals surface area contributed by atoms with Gasteiger partial charge >= 0.3 is 13.1 Å². The first-order valence-electron chi connectivity index (χ1n) is 5.27. The summed E-state index contributed by atoms with van der Waals surface area (Å²) in [5.41, 5.74) is -0.708. The molecule has 0 aliphatic carbocycles. The van der Waals surface area contributed by atoms with E-state index in [1.54, 1.807) is 6.92 Å². The van der Waals surface area contributed by atoms with Crippen LogP contribution in [0.1, 0.15) is 19.8 Å². The van der Waals surface area contributed by atoms with Gasteiger partial charge in [0.25, 0.3) is 0 Å². The molecule has 1 saturated heterocycles. The van der Waals surface area contributed by atoms with Gasteiger partial charge in [0.15, 0.2) is 0 Å². The van der Waals surface area contributed by atoms with Crippen LogP contribution in [0.3, 0.4) is 0 Å². The predicted octanol–water partition coefficient (Wildman–Crippen LogP) is -0.450. The Balaban J connectivity index is 2.43. The lowest BCUT2D eigenvalue weighted by molar-refractivity contribution is -0.149. The third kappa shape index (κ3) is 2.93. The monoisotopic (exact) mass is 215 g/mol. The minimum absolute atomic E-state index is 0.0775. The fraction of sp³-hybridized carbons (Fsp3) is 0.889. The van der Waals surface area contributed by atoms with Crippen molar-refractivity contribution in [1.29, 1.82) is 0 Å². The van der Waals surface area contributed by atoms with Crippen LogP contribution in [0.15, 0.2) is 0 Å². The fourth-order valence-electron chi connectivity index (χ4n) is 2.09. The highest BCUT2D eigenvalue weighted by atomic mass is 16.4. The first kappa shape index (κ1) is 12.5. The summed E-state index contributed by atoms with van der Waals surface area (Å²) in [7, 11) is -1.28. The van der Waals surface area contributed by atoms with Crippen molar-refractivity contribution in [1.82, 2.24) is 5.32 Å². The van der Waals surface area contributed by atoms with Crippen LogP contribution in [0.25, 0.3) is 0 Å². The molecule has 1 heterocycles. The van der Waals surface area contributed by atoms with Crippen LogP contribution in [0, 0.1) is 11.3 Å². The van der Waals surface area contributed by atoms with E-state index in [-0.39, 0.29) is 5.92 Å². The number of carbonyl (C=O) groups is 1. The summed E-state index contributed by atoms with van der Waals surface area (Å²) in [6.45, 7) is 2.94. The smallest absolute Gasteiger partial charge is 0.451 e. The quantitative estimate of drug-likeness (QED) is 0.466. The van der Waals surface area contributed by atoms with E-state index < -0.39 is 18.5 Å². The van der Waals surface area contributed by atoms with Crippen molar-refractivity contribution < 1.29 is 19.9 Å². The van der Waals surface area contributed by atoms with E-state index in [0.29, 0.717) is 32.3 Å². The molecule has 1 rings (SSSR count). The van der Waals surface area contributed by atoms with Gasteiger partial charge in [-0.05, 0) is 32.1 Å². The summed E-state index contributed by atoms with van der Waals surface area (Å²) in [4.78, 5) is 11.1. The van der Waals surface area contributed by atoms with Gasteiger partial charge in [-0.25, -0.2) is 0 Å². The molecule has 1 aliphatic heterocycles. The standard InChI is InChI=1S/C9H18BNO4/c1-9(8(12)13)6-11-5-7(9)3-2-4-10(14)15/h7,11,14-15H,2-6H2,1H3,(H,12,13)/t7-,9+/m0/s1. The second-order valence-electron chi connectivity index (χ2n) is 4.46. The molecule has 5 nitrogen and oxygen atoms in total. The highest BCUT2D eigenvalue weighted by Crippen LogP contribution is 2.34. The van der Waals surface area contributed by atoms with Crippen molar-refractivity contribution in [2.45, 2.75) is 26.1 Å². The van der Waals surface area contributed by atoms with Crippen molar-refractivity contribution >= 4 is 13.1 Å². The Morgan fingerprint density at radius 3 is 2.80 bits per heavy atom. The fourth-order valence-corrected chi connectivity index (χ4v) is 2.09. The van der Waals surface area contributed by atoms with Crippen LogP contribution in [0.4, 0.5) is 0 Å². The Labute approximate surface area is 89.6 Å². The Bertz CT molecular complexity index is 236. The number of hydrogen-bond donors (Lipinski definition) is 4. The summed E-state index contributed by atoms with van der Waals surface area (Å²) >= 11 is 0. The SMILES string of the molecule is C[C@@]1(C(=O)O)CNC[C@@H]1CCCB(O)O. The maximum absolute atomic E-state index is 11.1. The molecule has 86 valence electrons. The van der Waals surface area contributed by atoms with Crippen LogP contribution in [-0.2, 0) is 4.79 Å². The minimum atomic E-state index is -1.28. The van der Waals surface area contributed by atoms with Crippen molar-refractivity contribution in [3.63, 3.8) is 0 Å². The van der Waals surface area contributed by atoms with Crippen LogP contribution >= 0.6 is 0 Å². The van der Waals surface area contributed by atoms with Gasteiger partial charge in [-0.3, -0.25) is 4.79 Å². The van der Waals surface area contributed by atoms with Crippen molar-refractivity contribution in [3.05, 3.63) is 0 Å². The largest absolute Gasteiger partial charge is 0.481 e. The van der Waals surface area contributed by atoms with Crippen LogP contribution < -0.4 is 5.32 Å². The number of carboxylic acids is 1.